The van der Waals surface area contributed by atoms with Crippen LogP contribution in [0, 0.1) is 0 Å². The first kappa shape index (κ1) is 33.4. The van der Waals surface area contributed by atoms with Crippen LogP contribution in [0.5, 0.6) is 0 Å². The van der Waals surface area contributed by atoms with Crippen molar-refractivity contribution in [3.05, 3.63) is 217 Å². The van der Waals surface area contributed by atoms with Crippen molar-refractivity contribution in [1.82, 2.24) is 0 Å². The summed E-state index contributed by atoms with van der Waals surface area (Å²) in [6.45, 7) is 0. The molecule has 2 nitrogen and oxygen atoms in total. The highest BCUT2D eigenvalue weighted by atomic mass is 32.1. The molecule has 0 atom stereocenters. The number of para-hydroxylation sites is 2. The van der Waals surface area contributed by atoms with Gasteiger partial charge in [0.15, 0.2) is 0 Å². The number of rotatable bonds is 10. The molecule has 0 aliphatic rings. The monoisotopic (exact) mass is 728 g/mol. The van der Waals surface area contributed by atoms with Crippen molar-refractivity contribution in [2.75, 3.05) is 9.80 Å². The zero-order valence-electron chi connectivity index (χ0n) is 29.5. The van der Waals surface area contributed by atoms with Gasteiger partial charge < -0.3 is 9.80 Å². The van der Waals surface area contributed by atoms with Crippen LogP contribution in [-0.2, 0) is 0 Å². The van der Waals surface area contributed by atoms with Gasteiger partial charge in [0.1, 0.15) is 10.0 Å². The van der Waals surface area contributed by atoms with E-state index in [-0.39, 0.29) is 0 Å². The molecule has 0 amide bonds. The van der Waals surface area contributed by atoms with Crippen LogP contribution in [-0.4, -0.2) is 0 Å². The van der Waals surface area contributed by atoms with Crippen molar-refractivity contribution >= 4 is 55.4 Å². The van der Waals surface area contributed by atoms with E-state index >= 15 is 0 Å². The molecule has 54 heavy (non-hydrogen) atoms. The van der Waals surface area contributed by atoms with Crippen LogP contribution >= 0.6 is 22.7 Å². The van der Waals surface area contributed by atoms with E-state index in [2.05, 4.69) is 227 Å². The molecule has 7 aromatic carbocycles. The molecular weight excluding hydrogens is 693 g/mol. The summed E-state index contributed by atoms with van der Waals surface area (Å²) in [6.07, 6.45) is 0. The summed E-state index contributed by atoms with van der Waals surface area (Å²) >= 11 is 3.57. The third-order valence-corrected chi connectivity index (χ3v) is 11.6. The molecule has 0 saturated carbocycles. The van der Waals surface area contributed by atoms with Crippen LogP contribution in [0.25, 0.3) is 44.5 Å². The predicted molar refractivity (Wildman–Crippen MR) is 233 cm³/mol. The largest absolute Gasteiger partial charge is 0.301 e. The van der Waals surface area contributed by atoms with Gasteiger partial charge in [-0.3, -0.25) is 0 Å². The molecule has 258 valence electrons. The van der Waals surface area contributed by atoms with E-state index in [1.54, 1.807) is 22.7 Å². The Morgan fingerprint density at radius 3 is 0.833 bits per heavy atom. The van der Waals surface area contributed by atoms with Crippen LogP contribution in [0.3, 0.4) is 0 Å². The molecule has 0 fully saturated rings. The van der Waals surface area contributed by atoms with E-state index < -0.39 is 0 Å². The first-order chi connectivity index (χ1) is 26.8. The molecule has 9 aromatic rings. The lowest BCUT2D eigenvalue weighted by Crippen LogP contribution is -2.12. The maximum atomic E-state index is 2.41. The summed E-state index contributed by atoms with van der Waals surface area (Å²) in [5.74, 6) is 0. The molecule has 2 heterocycles. The molecule has 2 aromatic heterocycles. The lowest BCUT2D eigenvalue weighted by atomic mass is 9.97. The van der Waals surface area contributed by atoms with Crippen LogP contribution in [0.15, 0.2) is 217 Å². The Kier molecular flexibility index (Phi) is 9.43. The van der Waals surface area contributed by atoms with E-state index in [4.69, 9.17) is 0 Å². The van der Waals surface area contributed by atoms with E-state index in [0.717, 1.165) is 22.7 Å². The normalized spacial score (nSPS) is 11.0. The number of hydrogen-bond acceptors (Lipinski definition) is 4. The lowest BCUT2D eigenvalue weighted by Gasteiger charge is -2.28. The summed E-state index contributed by atoms with van der Waals surface area (Å²) in [4.78, 5) is 4.81. The summed E-state index contributed by atoms with van der Waals surface area (Å²) in [7, 11) is 0. The van der Waals surface area contributed by atoms with Crippen LogP contribution in [0.2, 0.25) is 0 Å². The van der Waals surface area contributed by atoms with Crippen molar-refractivity contribution in [2.45, 2.75) is 0 Å². The molecule has 0 spiro atoms. The van der Waals surface area contributed by atoms with Crippen molar-refractivity contribution in [2.24, 2.45) is 0 Å². The van der Waals surface area contributed by atoms with E-state index in [1.807, 2.05) is 0 Å². The Labute approximate surface area is 325 Å². The third-order valence-electron chi connectivity index (χ3n) is 9.64. The summed E-state index contributed by atoms with van der Waals surface area (Å²) in [6, 6.07) is 73.5. The Morgan fingerprint density at radius 2 is 0.519 bits per heavy atom. The highest BCUT2D eigenvalue weighted by Gasteiger charge is 2.25. The van der Waals surface area contributed by atoms with Gasteiger partial charge in [0.25, 0.3) is 0 Å². The number of hydrogen-bond donors (Lipinski definition) is 0. The van der Waals surface area contributed by atoms with E-state index in [0.29, 0.717) is 0 Å². The first-order valence-electron chi connectivity index (χ1n) is 18.1. The standard InChI is InChI=1S/C50H36N2S2/c1-7-19-37(20-8-1)45-35-53-49(47(45)39-23-11-3-12-24-39)51(41-27-15-5-16-28-41)43-31-33-44(34-32-43)52(42-29-17-6-18-30-42)50-48(40-25-13-4-14-26-40)46(36-54-50)38-21-9-2-10-22-38/h1-36H. The summed E-state index contributed by atoms with van der Waals surface area (Å²) < 4.78 is 0. The van der Waals surface area contributed by atoms with Crippen LogP contribution in [0.4, 0.5) is 32.8 Å². The topological polar surface area (TPSA) is 6.48 Å². The molecular formula is C50H36N2S2. The van der Waals surface area contributed by atoms with Crippen molar-refractivity contribution in [1.29, 1.82) is 0 Å². The van der Waals surface area contributed by atoms with Crippen molar-refractivity contribution < 1.29 is 0 Å². The average molecular weight is 729 g/mol. The molecule has 9 rings (SSSR count). The molecule has 0 radical (unpaired) electrons. The Bertz CT molecular complexity index is 2380. The smallest absolute Gasteiger partial charge is 0.109 e. The number of anilines is 6. The second kappa shape index (κ2) is 15.3. The molecule has 0 aliphatic heterocycles. The van der Waals surface area contributed by atoms with Gasteiger partial charge in [0.2, 0.25) is 0 Å². The molecule has 0 unspecified atom stereocenters. The van der Waals surface area contributed by atoms with Crippen LogP contribution in [0.1, 0.15) is 0 Å². The minimum absolute atomic E-state index is 1.09. The Morgan fingerprint density at radius 1 is 0.259 bits per heavy atom. The number of nitrogens with zero attached hydrogens (tertiary/aromatic N) is 2. The van der Waals surface area contributed by atoms with Gasteiger partial charge in [0, 0.05) is 55.8 Å². The fourth-order valence-corrected chi connectivity index (χ4v) is 9.42. The predicted octanol–water partition coefficient (Wildman–Crippen LogP) is 15.4. The zero-order valence-corrected chi connectivity index (χ0v) is 31.1. The van der Waals surface area contributed by atoms with Gasteiger partial charge in [-0.15, -0.1) is 22.7 Å². The van der Waals surface area contributed by atoms with Gasteiger partial charge in [-0.1, -0.05) is 158 Å². The van der Waals surface area contributed by atoms with Crippen molar-refractivity contribution in [3.8, 4) is 44.5 Å². The van der Waals surface area contributed by atoms with E-state index in [9.17, 15) is 0 Å². The molecule has 4 heteroatoms. The third kappa shape index (κ3) is 6.54. The lowest BCUT2D eigenvalue weighted by molar-refractivity contribution is 1.28. The number of benzene rings is 7. The summed E-state index contributed by atoms with van der Waals surface area (Å²) in [5.41, 5.74) is 14.1. The van der Waals surface area contributed by atoms with Gasteiger partial charge in [-0.05, 0) is 70.8 Å². The Hall–Kier alpha value is -6.46. The summed E-state index contributed by atoms with van der Waals surface area (Å²) in [5, 5.41) is 6.97. The minimum atomic E-state index is 1.09. The van der Waals surface area contributed by atoms with Gasteiger partial charge in [0.05, 0.1) is 0 Å². The minimum Gasteiger partial charge on any atom is -0.301 e. The molecule has 0 aliphatic carbocycles. The first-order valence-corrected chi connectivity index (χ1v) is 19.8. The van der Waals surface area contributed by atoms with E-state index in [1.165, 1.54) is 54.5 Å². The van der Waals surface area contributed by atoms with Gasteiger partial charge in [-0.25, -0.2) is 0 Å². The maximum absolute atomic E-state index is 2.41. The van der Waals surface area contributed by atoms with Crippen molar-refractivity contribution in [3.63, 3.8) is 0 Å². The second-order valence-electron chi connectivity index (χ2n) is 13.0. The van der Waals surface area contributed by atoms with Gasteiger partial charge >= 0.3 is 0 Å². The van der Waals surface area contributed by atoms with Gasteiger partial charge in [-0.2, -0.15) is 0 Å². The quantitative estimate of drug-likeness (QED) is 0.138. The average Bonchev–Trinajstić information content (AvgIpc) is 3.89. The SMILES string of the molecule is c1ccc(-c2csc(N(c3ccccc3)c3ccc(N(c4ccccc4)c4scc(-c5ccccc5)c4-c4ccccc4)cc3)c2-c2ccccc2)cc1. The molecule has 0 saturated heterocycles. The fraction of sp³-hybridized carbons (Fsp3) is 0. The highest BCUT2D eigenvalue weighted by molar-refractivity contribution is 7.16. The van der Waals surface area contributed by atoms with Crippen LogP contribution < -0.4 is 9.80 Å². The number of thiophene rings is 2. The highest BCUT2D eigenvalue weighted by Crippen LogP contribution is 2.52. The molecule has 0 bridgehead atoms. The second-order valence-corrected chi connectivity index (χ2v) is 14.7. The Balaban J connectivity index is 1.20. The molecule has 0 N–H and O–H groups in total. The fourth-order valence-electron chi connectivity index (χ4n) is 7.12. The maximum Gasteiger partial charge on any atom is 0.109 e. The zero-order chi connectivity index (χ0) is 36.1.